The zero-order chi connectivity index (χ0) is 15.2. The summed E-state index contributed by atoms with van der Waals surface area (Å²) in [5.41, 5.74) is -0.449. The predicted molar refractivity (Wildman–Crippen MR) is 71.9 cm³/mol. The maximum Gasteiger partial charge on any atom is 0.417 e. The Labute approximate surface area is 121 Å². The Bertz CT molecular complexity index is 569. The molecule has 114 valence electrons. The molecule has 1 aromatic rings. The molecule has 0 spiro atoms. The minimum Gasteiger partial charge on any atom is -0.329 e. The molecule has 1 amide bonds. The van der Waals surface area contributed by atoms with Gasteiger partial charge in [-0.3, -0.25) is 4.79 Å². The fourth-order valence-corrected chi connectivity index (χ4v) is 3.46. The zero-order valence-corrected chi connectivity index (χ0v) is 11.7. The topological polar surface area (TPSA) is 32.3 Å². The normalized spacial score (nSPS) is 25.0. The molecule has 3 rings (SSSR count). The van der Waals surface area contributed by atoms with Crippen LogP contribution in [0.2, 0.25) is 0 Å². The summed E-state index contributed by atoms with van der Waals surface area (Å²) in [6.07, 6.45) is -2.74. The van der Waals surface area contributed by atoms with E-state index in [0.717, 1.165) is 18.9 Å². The number of piperazine rings is 1. The molecule has 6 heteroatoms. The van der Waals surface area contributed by atoms with E-state index in [2.05, 4.69) is 5.32 Å². The van der Waals surface area contributed by atoms with Crippen molar-refractivity contribution < 1.29 is 18.0 Å². The third-order valence-corrected chi connectivity index (χ3v) is 4.27. The average Bonchev–Trinajstić information content (AvgIpc) is 2.73. The summed E-state index contributed by atoms with van der Waals surface area (Å²) in [6, 6.07) is 3.80. The molecule has 1 aromatic carbocycles. The number of nitrogens with zero attached hydrogens (tertiary/aromatic N) is 1. The van der Waals surface area contributed by atoms with Gasteiger partial charge in [-0.1, -0.05) is 25.5 Å². The monoisotopic (exact) mass is 298 g/mol. The zero-order valence-electron chi connectivity index (χ0n) is 11.7. The molecule has 2 heterocycles. The van der Waals surface area contributed by atoms with E-state index >= 15 is 0 Å². The van der Waals surface area contributed by atoms with E-state index in [0.29, 0.717) is 18.7 Å². The first-order chi connectivity index (χ1) is 9.95. The Morgan fingerprint density at radius 1 is 1.38 bits per heavy atom. The summed E-state index contributed by atoms with van der Waals surface area (Å²) in [4.78, 5) is 14.0. The van der Waals surface area contributed by atoms with Crippen molar-refractivity contribution in [3.8, 4) is 0 Å². The second-order valence-electron chi connectivity index (χ2n) is 5.56. The van der Waals surface area contributed by atoms with Gasteiger partial charge in [-0.05, 0) is 18.1 Å². The van der Waals surface area contributed by atoms with Crippen LogP contribution in [-0.4, -0.2) is 29.9 Å². The van der Waals surface area contributed by atoms with Crippen molar-refractivity contribution >= 4 is 5.91 Å². The van der Waals surface area contributed by atoms with Gasteiger partial charge in [0.05, 0.1) is 17.2 Å². The lowest BCUT2D eigenvalue weighted by Gasteiger charge is -2.38. The molecule has 0 aliphatic carbocycles. The SMILES string of the molecule is CCC[C@H]1NCCN2C(=O)c3c(cccc3C(F)(F)F)C12. The van der Waals surface area contributed by atoms with E-state index in [4.69, 9.17) is 0 Å². The summed E-state index contributed by atoms with van der Waals surface area (Å²) in [6.45, 7) is 3.11. The van der Waals surface area contributed by atoms with Gasteiger partial charge in [0.15, 0.2) is 0 Å². The van der Waals surface area contributed by atoms with E-state index in [9.17, 15) is 18.0 Å². The van der Waals surface area contributed by atoms with Crippen molar-refractivity contribution in [3.63, 3.8) is 0 Å². The van der Waals surface area contributed by atoms with Crippen molar-refractivity contribution in [2.45, 2.75) is 38.0 Å². The molecule has 2 atom stereocenters. The number of carbonyl (C=O) groups excluding carboxylic acids is 1. The van der Waals surface area contributed by atoms with Crippen LogP contribution in [0.25, 0.3) is 0 Å². The molecule has 0 aromatic heterocycles. The molecule has 1 unspecified atom stereocenters. The number of fused-ring (bicyclic) bond motifs is 3. The van der Waals surface area contributed by atoms with Gasteiger partial charge in [-0.15, -0.1) is 0 Å². The molecular weight excluding hydrogens is 281 g/mol. The molecule has 3 nitrogen and oxygen atoms in total. The number of rotatable bonds is 2. The van der Waals surface area contributed by atoms with Crippen LogP contribution < -0.4 is 5.32 Å². The summed E-state index contributed by atoms with van der Waals surface area (Å²) in [5.74, 6) is -0.481. The highest BCUT2D eigenvalue weighted by Gasteiger charge is 2.47. The highest BCUT2D eigenvalue weighted by Crippen LogP contribution is 2.43. The highest BCUT2D eigenvalue weighted by atomic mass is 19.4. The number of hydrogen-bond donors (Lipinski definition) is 1. The van der Waals surface area contributed by atoms with E-state index in [1.165, 1.54) is 6.07 Å². The van der Waals surface area contributed by atoms with E-state index < -0.39 is 17.6 Å². The van der Waals surface area contributed by atoms with Gasteiger partial charge >= 0.3 is 6.18 Å². The number of amides is 1. The fourth-order valence-electron chi connectivity index (χ4n) is 3.46. The van der Waals surface area contributed by atoms with Crippen molar-refractivity contribution in [1.29, 1.82) is 0 Å². The lowest BCUT2D eigenvalue weighted by Crippen LogP contribution is -2.51. The molecule has 1 saturated heterocycles. The molecule has 2 aliphatic rings. The van der Waals surface area contributed by atoms with Crippen LogP contribution in [0.3, 0.4) is 0 Å². The quantitative estimate of drug-likeness (QED) is 0.910. The summed E-state index contributed by atoms with van der Waals surface area (Å²) < 4.78 is 39.5. The smallest absolute Gasteiger partial charge is 0.329 e. The molecule has 0 radical (unpaired) electrons. The number of alkyl halides is 3. The van der Waals surface area contributed by atoms with Gasteiger partial charge in [0, 0.05) is 19.1 Å². The molecule has 1 fully saturated rings. The van der Waals surface area contributed by atoms with Gasteiger partial charge in [-0.2, -0.15) is 13.2 Å². The Kier molecular flexibility index (Phi) is 3.43. The lowest BCUT2D eigenvalue weighted by molar-refractivity contribution is -0.137. The predicted octanol–water partition coefficient (Wildman–Crippen LogP) is 2.97. The number of benzene rings is 1. The minimum absolute atomic E-state index is 0.0254. The first kappa shape index (κ1) is 14.4. The van der Waals surface area contributed by atoms with Gasteiger partial charge in [0.2, 0.25) is 0 Å². The second kappa shape index (κ2) is 5.02. The molecule has 0 bridgehead atoms. The first-order valence-corrected chi connectivity index (χ1v) is 7.19. The van der Waals surface area contributed by atoms with Crippen LogP contribution in [0.5, 0.6) is 0 Å². The minimum atomic E-state index is -4.50. The van der Waals surface area contributed by atoms with Crippen molar-refractivity contribution in [2.24, 2.45) is 0 Å². The van der Waals surface area contributed by atoms with Crippen molar-refractivity contribution in [3.05, 3.63) is 34.9 Å². The number of halogens is 3. The molecular formula is C15H17F3N2O. The Balaban J connectivity index is 2.11. The number of carbonyl (C=O) groups is 1. The van der Waals surface area contributed by atoms with Crippen LogP contribution >= 0.6 is 0 Å². The number of nitrogens with one attached hydrogen (secondary N) is 1. The van der Waals surface area contributed by atoms with Crippen molar-refractivity contribution in [1.82, 2.24) is 10.2 Å². The van der Waals surface area contributed by atoms with Crippen LogP contribution in [0, 0.1) is 0 Å². The molecule has 0 saturated carbocycles. The van der Waals surface area contributed by atoms with Crippen LogP contribution in [-0.2, 0) is 6.18 Å². The average molecular weight is 298 g/mol. The molecule has 1 N–H and O–H groups in total. The van der Waals surface area contributed by atoms with Gasteiger partial charge in [0.25, 0.3) is 5.91 Å². The Hall–Kier alpha value is -1.56. The molecule has 21 heavy (non-hydrogen) atoms. The van der Waals surface area contributed by atoms with Gasteiger partial charge < -0.3 is 10.2 Å². The lowest BCUT2D eigenvalue weighted by atomic mass is 9.92. The maximum atomic E-state index is 13.2. The van der Waals surface area contributed by atoms with Crippen LogP contribution in [0.1, 0.15) is 47.3 Å². The summed E-state index contributed by atoms with van der Waals surface area (Å²) >= 11 is 0. The van der Waals surface area contributed by atoms with E-state index in [1.807, 2.05) is 6.92 Å². The standard InChI is InChI=1S/C15H17F3N2O/c1-2-4-11-13-9-5-3-6-10(15(16,17)18)12(9)14(21)20(13)8-7-19-11/h3,5-6,11,13,19H,2,4,7-8H2,1H3/t11-,13?/m1/s1. The second-order valence-corrected chi connectivity index (χ2v) is 5.56. The third-order valence-electron chi connectivity index (χ3n) is 4.27. The van der Waals surface area contributed by atoms with E-state index in [-0.39, 0.29) is 17.6 Å². The van der Waals surface area contributed by atoms with E-state index in [1.54, 1.807) is 11.0 Å². The number of hydrogen-bond acceptors (Lipinski definition) is 2. The Morgan fingerprint density at radius 3 is 2.81 bits per heavy atom. The van der Waals surface area contributed by atoms with Crippen LogP contribution in [0.4, 0.5) is 13.2 Å². The largest absolute Gasteiger partial charge is 0.417 e. The fraction of sp³-hybridized carbons (Fsp3) is 0.533. The third kappa shape index (κ3) is 2.21. The van der Waals surface area contributed by atoms with Gasteiger partial charge in [0.1, 0.15) is 0 Å². The van der Waals surface area contributed by atoms with Gasteiger partial charge in [-0.25, -0.2) is 0 Å². The maximum absolute atomic E-state index is 13.2. The summed E-state index contributed by atoms with van der Waals surface area (Å²) in [7, 11) is 0. The summed E-state index contributed by atoms with van der Waals surface area (Å²) in [5, 5.41) is 3.34. The Morgan fingerprint density at radius 2 is 2.14 bits per heavy atom. The first-order valence-electron chi connectivity index (χ1n) is 7.19. The molecule has 2 aliphatic heterocycles. The van der Waals surface area contributed by atoms with Crippen molar-refractivity contribution in [2.75, 3.05) is 13.1 Å². The highest BCUT2D eigenvalue weighted by molar-refractivity contribution is 6.01. The van der Waals surface area contributed by atoms with Crippen LogP contribution in [0.15, 0.2) is 18.2 Å².